The summed E-state index contributed by atoms with van der Waals surface area (Å²) in [7, 11) is 0. The van der Waals surface area contributed by atoms with Crippen molar-refractivity contribution in [1.82, 2.24) is 15.5 Å². The number of aromatic nitrogens is 2. The van der Waals surface area contributed by atoms with Gasteiger partial charge in [-0.3, -0.25) is 0 Å². The Hall–Kier alpha value is -1.66. The van der Waals surface area contributed by atoms with Crippen LogP contribution in [0.3, 0.4) is 0 Å². The summed E-state index contributed by atoms with van der Waals surface area (Å²) in [5, 5.41) is 17.5. The molecular formula is C12H15N3O3. The Morgan fingerprint density at radius 1 is 1.50 bits per heavy atom. The second kappa shape index (κ2) is 4.22. The number of hydrogen-bond acceptors (Lipinski definition) is 6. The van der Waals surface area contributed by atoms with Crippen molar-refractivity contribution in [3.8, 4) is 11.4 Å². The molecule has 6 heteroatoms. The standard InChI is InChI=1S/C12H15N3O3/c1-8-9(3-6-17-8)10-14-11(18-15-10)12(16)4-2-5-13-7-12/h3,6,13,16H,2,4-5,7H2,1H3. The van der Waals surface area contributed by atoms with Gasteiger partial charge in [-0.05, 0) is 32.4 Å². The van der Waals surface area contributed by atoms with E-state index in [0.717, 1.165) is 24.3 Å². The third kappa shape index (κ3) is 1.83. The molecule has 0 bridgehead atoms. The molecule has 1 fully saturated rings. The van der Waals surface area contributed by atoms with Crippen LogP contribution >= 0.6 is 0 Å². The molecule has 1 saturated heterocycles. The fourth-order valence-corrected chi connectivity index (χ4v) is 2.21. The average Bonchev–Trinajstić information content (AvgIpc) is 2.98. The van der Waals surface area contributed by atoms with Crippen LogP contribution in [0, 0.1) is 6.92 Å². The maximum Gasteiger partial charge on any atom is 0.260 e. The fraction of sp³-hybridized carbons (Fsp3) is 0.500. The van der Waals surface area contributed by atoms with Crippen molar-refractivity contribution in [3.63, 3.8) is 0 Å². The molecule has 2 aromatic rings. The van der Waals surface area contributed by atoms with Crippen LogP contribution in [0.25, 0.3) is 11.4 Å². The molecule has 96 valence electrons. The highest BCUT2D eigenvalue weighted by Crippen LogP contribution is 2.29. The van der Waals surface area contributed by atoms with E-state index in [1.165, 1.54) is 0 Å². The molecule has 0 spiro atoms. The zero-order valence-electron chi connectivity index (χ0n) is 10.1. The normalized spacial score (nSPS) is 24.3. The highest BCUT2D eigenvalue weighted by molar-refractivity contribution is 5.56. The Morgan fingerprint density at radius 2 is 2.39 bits per heavy atom. The molecule has 0 aromatic carbocycles. The van der Waals surface area contributed by atoms with Gasteiger partial charge in [-0.2, -0.15) is 4.98 Å². The summed E-state index contributed by atoms with van der Waals surface area (Å²) in [6.07, 6.45) is 3.10. The van der Waals surface area contributed by atoms with E-state index in [4.69, 9.17) is 8.94 Å². The Labute approximate surface area is 104 Å². The zero-order valence-corrected chi connectivity index (χ0v) is 10.1. The Bertz CT molecular complexity index is 540. The van der Waals surface area contributed by atoms with Gasteiger partial charge >= 0.3 is 0 Å². The average molecular weight is 249 g/mol. The number of nitrogens with zero attached hydrogens (tertiary/aromatic N) is 2. The summed E-state index contributed by atoms with van der Waals surface area (Å²) in [5.74, 6) is 1.46. The summed E-state index contributed by atoms with van der Waals surface area (Å²) >= 11 is 0. The topological polar surface area (TPSA) is 84.3 Å². The number of rotatable bonds is 2. The maximum absolute atomic E-state index is 10.4. The van der Waals surface area contributed by atoms with Gasteiger partial charge in [0.15, 0.2) is 5.60 Å². The van der Waals surface area contributed by atoms with E-state index in [-0.39, 0.29) is 5.89 Å². The van der Waals surface area contributed by atoms with Crippen molar-refractivity contribution in [2.75, 3.05) is 13.1 Å². The first-order chi connectivity index (χ1) is 8.69. The fourth-order valence-electron chi connectivity index (χ4n) is 2.21. The first kappa shape index (κ1) is 11.4. The number of hydrogen-bond donors (Lipinski definition) is 2. The summed E-state index contributed by atoms with van der Waals surface area (Å²) in [6, 6.07) is 1.78. The van der Waals surface area contributed by atoms with Crippen LogP contribution in [-0.2, 0) is 5.60 Å². The van der Waals surface area contributed by atoms with Crippen LogP contribution in [-0.4, -0.2) is 28.3 Å². The van der Waals surface area contributed by atoms with E-state index >= 15 is 0 Å². The summed E-state index contributed by atoms with van der Waals surface area (Å²) in [4.78, 5) is 4.28. The van der Waals surface area contributed by atoms with Crippen LogP contribution in [0.4, 0.5) is 0 Å². The minimum atomic E-state index is -1.05. The summed E-state index contributed by atoms with van der Waals surface area (Å²) in [5.41, 5.74) is -0.265. The predicted octanol–water partition coefficient (Wildman–Crippen LogP) is 1.21. The van der Waals surface area contributed by atoms with Gasteiger partial charge < -0.3 is 19.4 Å². The number of piperidine rings is 1. The lowest BCUT2D eigenvalue weighted by atomic mass is 9.94. The molecule has 1 aliphatic heterocycles. The summed E-state index contributed by atoms with van der Waals surface area (Å²) in [6.45, 7) is 3.19. The van der Waals surface area contributed by atoms with Gasteiger partial charge in [0.25, 0.3) is 5.89 Å². The monoisotopic (exact) mass is 249 g/mol. The molecule has 3 heterocycles. The molecule has 1 atom stereocenters. The van der Waals surface area contributed by atoms with E-state index in [1.54, 1.807) is 12.3 Å². The van der Waals surface area contributed by atoms with E-state index in [1.807, 2.05) is 6.92 Å². The number of furan rings is 1. The Balaban J connectivity index is 1.92. The molecule has 3 rings (SSSR count). The molecule has 0 amide bonds. The number of aryl methyl sites for hydroxylation is 1. The lowest BCUT2D eigenvalue weighted by Crippen LogP contribution is -2.43. The molecule has 1 unspecified atom stereocenters. The molecule has 0 radical (unpaired) electrons. The molecule has 0 aliphatic carbocycles. The molecule has 1 aliphatic rings. The van der Waals surface area contributed by atoms with Crippen LogP contribution in [0.1, 0.15) is 24.5 Å². The highest BCUT2D eigenvalue weighted by Gasteiger charge is 2.37. The predicted molar refractivity (Wildman–Crippen MR) is 62.7 cm³/mol. The van der Waals surface area contributed by atoms with Gasteiger partial charge in [-0.25, -0.2) is 0 Å². The Kier molecular flexibility index (Phi) is 2.68. The number of aliphatic hydroxyl groups is 1. The van der Waals surface area contributed by atoms with Gasteiger partial charge in [0.05, 0.1) is 11.8 Å². The van der Waals surface area contributed by atoms with Crippen molar-refractivity contribution in [2.24, 2.45) is 0 Å². The molecule has 6 nitrogen and oxygen atoms in total. The van der Waals surface area contributed by atoms with Crippen LogP contribution in [0.15, 0.2) is 21.3 Å². The lowest BCUT2D eigenvalue weighted by molar-refractivity contribution is -0.0167. The summed E-state index contributed by atoms with van der Waals surface area (Å²) < 4.78 is 10.4. The van der Waals surface area contributed by atoms with Gasteiger partial charge in [-0.1, -0.05) is 5.16 Å². The van der Waals surface area contributed by atoms with Gasteiger partial charge in [0.2, 0.25) is 5.82 Å². The molecule has 2 aromatic heterocycles. The van der Waals surface area contributed by atoms with Crippen molar-refractivity contribution in [1.29, 1.82) is 0 Å². The SMILES string of the molecule is Cc1occc1-c1noc(C2(O)CCCNC2)n1. The van der Waals surface area contributed by atoms with Crippen molar-refractivity contribution >= 4 is 0 Å². The smallest absolute Gasteiger partial charge is 0.260 e. The first-order valence-corrected chi connectivity index (χ1v) is 6.01. The minimum Gasteiger partial charge on any atom is -0.469 e. The second-order valence-electron chi connectivity index (χ2n) is 4.63. The maximum atomic E-state index is 10.4. The van der Waals surface area contributed by atoms with Crippen LogP contribution in [0.5, 0.6) is 0 Å². The quantitative estimate of drug-likeness (QED) is 0.832. The van der Waals surface area contributed by atoms with Crippen LogP contribution in [0.2, 0.25) is 0 Å². The van der Waals surface area contributed by atoms with E-state index in [0.29, 0.717) is 18.8 Å². The second-order valence-corrected chi connectivity index (χ2v) is 4.63. The lowest BCUT2D eigenvalue weighted by Gasteiger charge is -2.28. The first-order valence-electron chi connectivity index (χ1n) is 6.01. The van der Waals surface area contributed by atoms with Gasteiger partial charge in [0.1, 0.15) is 5.76 Å². The zero-order chi connectivity index (χ0) is 12.6. The molecule has 18 heavy (non-hydrogen) atoms. The Morgan fingerprint density at radius 3 is 3.06 bits per heavy atom. The third-order valence-electron chi connectivity index (χ3n) is 3.29. The van der Waals surface area contributed by atoms with Gasteiger partial charge in [-0.15, -0.1) is 0 Å². The number of β-amino-alcohol motifs (C(OH)–C–C–N with tert-alkyl or cyclic N) is 1. The van der Waals surface area contributed by atoms with Crippen molar-refractivity contribution in [3.05, 3.63) is 24.0 Å². The van der Waals surface area contributed by atoms with Crippen molar-refractivity contribution < 1.29 is 14.0 Å². The molecule has 2 N–H and O–H groups in total. The van der Waals surface area contributed by atoms with Gasteiger partial charge in [0, 0.05) is 6.54 Å². The van der Waals surface area contributed by atoms with E-state index in [2.05, 4.69) is 15.5 Å². The van der Waals surface area contributed by atoms with Crippen molar-refractivity contribution in [2.45, 2.75) is 25.4 Å². The highest BCUT2D eigenvalue weighted by atomic mass is 16.5. The number of nitrogens with one attached hydrogen (secondary N) is 1. The van der Waals surface area contributed by atoms with E-state index in [9.17, 15) is 5.11 Å². The largest absolute Gasteiger partial charge is 0.469 e. The third-order valence-corrected chi connectivity index (χ3v) is 3.29. The van der Waals surface area contributed by atoms with E-state index < -0.39 is 5.60 Å². The molecule has 0 saturated carbocycles. The minimum absolute atomic E-state index is 0.269. The van der Waals surface area contributed by atoms with Crippen LogP contribution < -0.4 is 5.32 Å². The molecular weight excluding hydrogens is 234 g/mol.